The molecule has 0 aliphatic rings. The van der Waals surface area contributed by atoms with Crippen LogP contribution in [-0.2, 0) is 10.8 Å². The number of methoxy groups -OCH3 is 1. The number of ether oxygens (including phenoxy) is 1. The van der Waals surface area contributed by atoms with Gasteiger partial charge in [0.05, 0.1) is 7.11 Å². The number of thiophene rings is 1. The first-order valence-electron chi connectivity index (χ1n) is 8.94. The minimum atomic E-state index is -0.279. The van der Waals surface area contributed by atoms with Crippen molar-refractivity contribution in [3.63, 3.8) is 0 Å². The Morgan fingerprint density at radius 2 is 1.58 bits per heavy atom. The van der Waals surface area contributed by atoms with Gasteiger partial charge >= 0.3 is 0 Å². The Bertz CT molecular complexity index is 955. The molecule has 2 aromatic carbocycles. The average Bonchev–Trinajstić information content (AvgIpc) is 2.93. The lowest BCUT2D eigenvalue weighted by Gasteiger charge is -2.24. The van der Waals surface area contributed by atoms with Gasteiger partial charge in [-0.1, -0.05) is 59.7 Å². The van der Waals surface area contributed by atoms with Gasteiger partial charge in [0.25, 0.3) is 0 Å². The second kappa shape index (κ2) is 6.38. The van der Waals surface area contributed by atoms with E-state index < -0.39 is 0 Å². The van der Waals surface area contributed by atoms with Crippen LogP contribution in [0.15, 0.2) is 36.4 Å². The number of rotatable bonds is 2. The molecule has 0 saturated carbocycles. The molecule has 1 aromatic heterocycles. The fraction of sp³-hybridized carbons (Fsp3) is 0.391. The van der Waals surface area contributed by atoms with Crippen molar-refractivity contribution in [1.82, 2.24) is 0 Å². The van der Waals surface area contributed by atoms with E-state index >= 15 is 0 Å². The molecule has 1 heterocycles. The molecule has 0 atom stereocenters. The van der Waals surface area contributed by atoms with E-state index in [4.69, 9.17) is 4.74 Å². The molecular formula is C23H27FOS. The van der Waals surface area contributed by atoms with Crippen LogP contribution in [0, 0.1) is 5.82 Å². The van der Waals surface area contributed by atoms with Crippen molar-refractivity contribution in [2.75, 3.05) is 7.11 Å². The normalized spacial score (nSPS) is 12.6. The Hall–Kier alpha value is -1.87. The Morgan fingerprint density at radius 1 is 0.923 bits per heavy atom. The zero-order chi connectivity index (χ0) is 19.3. The summed E-state index contributed by atoms with van der Waals surface area (Å²) in [5.74, 6) is 0.375. The third-order valence-electron chi connectivity index (χ3n) is 4.64. The van der Waals surface area contributed by atoms with E-state index in [1.165, 1.54) is 26.6 Å². The topological polar surface area (TPSA) is 9.23 Å². The average molecular weight is 371 g/mol. The third-order valence-corrected chi connectivity index (χ3v) is 6.24. The molecule has 3 aromatic rings. The molecule has 138 valence electrons. The number of hydrogen-bond acceptors (Lipinski definition) is 2. The fourth-order valence-electron chi connectivity index (χ4n) is 3.33. The monoisotopic (exact) mass is 370 g/mol. The van der Waals surface area contributed by atoms with E-state index in [1.807, 2.05) is 38.2 Å². The second-order valence-corrected chi connectivity index (χ2v) is 9.89. The van der Waals surface area contributed by atoms with E-state index in [2.05, 4.69) is 45.0 Å². The molecule has 3 rings (SSSR count). The van der Waals surface area contributed by atoms with Gasteiger partial charge < -0.3 is 4.74 Å². The van der Waals surface area contributed by atoms with E-state index in [0.717, 1.165) is 5.56 Å². The van der Waals surface area contributed by atoms with Crippen molar-refractivity contribution in [2.24, 2.45) is 0 Å². The highest BCUT2D eigenvalue weighted by molar-refractivity contribution is 7.19. The van der Waals surface area contributed by atoms with Gasteiger partial charge in [-0.25, -0.2) is 4.39 Å². The van der Waals surface area contributed by atoms with Gasteiger partial charge in [0.15, 0.2) is 0 Å². The SMILES string of the molecule is COc1cc(F)c(C(C)(C)C)cc1-c1c(C(C)(C)C)sc2ccccc12. The molecule has 0 aliphatic heterocycles. The van der Waals surface area contributed by atoms with Crippen molar-refractivity contribution in [1.29, 1.82) is 0 Å². The number of fused-ring (bicyclic) bond motifs is 1. The maximum atomic E-state index is 14.7. The first kappa shape index (κ1) is 18.9. The fourth-order valence-corrected chi connectivity index (χ4v) is 4.61. The van der Waals surface area contributed by atoms with Crippen LogP contribution >= 0.6 is 11.3 Å². The summed E-state index contributed by atoms with van der Waals surface area (Å²) in [6.07, 6.45) is 0. The number of hydrogen-bond donors (Lipinski definition) is 0. The smallest absolute Gasteiger partial charge is 0.130 e. The van der Waals surface area contributed by atoms with Gasteiger partial charge in [0.1, 0.15) is 11.6 Å². The molecule has 0 saturated heterocycles. The first-order valence-corrected chi connectivity index (χ1v) is 9.76. The van der Waals surface area contributed by atoms with Gasteiger partial charge in [-0.2, -0.15) is 0 Å². The van der Waals surface area contributed by atoms with Gasteiger partial charge in [-0.15, -0.1) is 11.3 Å². The maximum absolute atomic E-state index is 14.7. The van der Waals surface area contributed by atoms with Gasteiger partial charge in [-0.3, -0.25) is 0 Å². The van der Waals surface area contributed by atoms with Crippen LogP contribution in [0.1, 0.15) is 52.0 Å². The Morgan fingerprint density at radius 3 is 2.15 bits per heavy atom. The van der Waals surface area contributed by atoms with Crippen LogP contribution in [0.3, 0.4) is 0 Å². The number of benzene rings is 2. The summed E-state index contributed by atoms with van der Waals surface area (Å²) >= 11 is 1.81. The minimum absolute atomic E-state index is 0.0136. The summed E-state index contributed by atoms with van der Waals surface area (Å²) in [6.45, 7) is 12.8. The quantitative estimate of drug-likeness (QED) is 0.459. The standard InChI is InChI=1S/C23H27FOS/c1-22(2,3)16-12-15(18(25-7)13-17(16)24)20-14-10-8-9-11-19(14)26-21(20)23(4,5)6/h8-13H,1-7H3. The van der Waals surface area contributed by atoms with E-state index in [-0.39, 0.29) is 16.6 Å². The van der Waals surface area contributed by atoms with Gasteiger partial charge in [0.2, 0.25) is 0 Å². The summed E-state index contributed by atoms with van der Waals surface area (Å²) in [5.41, 5.74) is 2.56. The molecule has 3 heteroatoms. The Kier molecular flexibility index (Phi) is 4.64. The first-order chi connectivity index (χ1) is 12.0. The summed E-state index contributed by atoms with van der Waals surface area (Å²) < 4.78 is 21.6. The van der Waals surface area contributed by atoms with Crippen LogP contribution in [0.5, 0.6) is 5.75 Å². The predicted octanol–water partition coefficient (Wildman–Crippen LogP) is 7.31. The molecule has 1 nitrogen and oxygen atoms in total. The lowest BCUT2D eigenvalue weighted by atomic mass is 9.82. The van der Waals surface area contributed by atoms with E-state index in [1.54, 1.807) is 7.11 Å². The summed E-state index contributed by atoms with van der Waals surface area (Å²) in [7, 11) is 1.61. The lowest BCUT2D eigenvalue weighted by molar-refractivity contribution is 0.410. The molecule has 0 radical (unpaired) electrons. The molecular weight excluding hydrogens is 343 g/mol. The van der Waals surface area contributed by atoms with Crippen molar-refractivity contribution < 1.29 is 9.13 Å². The summed E-state index contributed by atoms with van der Waals surface area (Å²) in [4.78, 5) is 1.29. The van der Waals surface area contributed by atoms with E-state index in [0.29, 0.717) is 11.3 Å². The van der Waals surface area contributed by atoms with Gasteiger partial charge in [0, 0.05) is 32.2 Å². The Labute approximate surface area is 159 Å². The Balaban J connectivity index is 2.43. The molecule has 0 N–H and O–H groups in total. The van der Waals surface area contributed by atoms with Crippen LogP contribution in [0.4, 0.5) is 4.39 Å². The van der Waals surface area contributed by atoms with Gasteiger partial charge in [-0.05, 0) is 28.5 Å². The minimum Gasteiger partial charge on any atom is -0.496 e. The van der Waals surface area contributed by atoms with Crippen molar-refractivity contribution in [2.45, 2.75) is 52.4 Å². The third kappa shape index (κ3) is 3.25. The zero-order valence-corrected chi connectivity index (χ0v) is 17.5. The summed E-state index contributed by atoms with van der Waals surface area (Å²) in [6, 6.07) is 11.9. The molecule has 26 heavy (non-hydrogen) atoms. The predicted molar refractivity (Wildman–Crippen MR) is 111 cm³/mol. The highest BCUT2D eigenvalue weighted by atomic mass is 32.1. The molecule has 0 unspecified atom stereocenters. The maximum Gasteiger partial charge on any atom is 0.130 e. The molecule has 0 amide bonds. The van der Waals surface area contributed by atoms with Crippen molar-refractivity contribution >= 4 is 21.4 Å². The van der Waals surface area contributed by atoms with E-state index in [9.17, 15) is 4.39 Å². The second-order valence-electron chi connectivity index (χ2n) is 8.83. The van der Waals surface area contributed by atoms with Crippen LogP contribution in [-0.4, -0.2) is 7.11 Å². The highest BCUT2D eigenvalue weighted by Gasteiger charge is 2.28. The molecule has 0 spiro atoms. The molecule has 0 fully saturated rings. The van der Waals surface area contributed by atoms with Crippen molar-refractivity contribution in [3.8, 4) is 16.9 Å². The highest BCUT2D eigenvalue weighted by Crippen LogP contribution is 2.48. The van der Waals surface area contributed by atoms with Crippen LogP contribution in [0.25, 0.3) is 21.2 Å². The van der Waals surface area contributed by atoms with Crippen LogP contribution < -0.4 is 4.74 Å². The zero-order valence-electron chi connectivity index (χ0n) is 16.7. The lowest BCUT2D eigenvalue weighted by Crippen LogP contribution is -2.15. The number of halogens is 1. The molecule has 0 bridgehead atoms. The van der Waals surface area contributed by atoms with Crippen LogP contribution in [0.2, 0.25) is 0 Å². The summed E-state index contributed by atoms with van der Waals surface area (Å²) in [5, 5.41) is 1.20. The molecule has 0 aliphatic carbocycles. The largest absolute Gasteiger partial charge is 0.496 e. The van der Waals surface area contributed by atoms with Crippen molar-refractivity contribution in [3.05, 3.63) is 52.7 Å².